The molecule has 1 aromatic rings. The number of nitro benzene ring substituents is 1. The summed E-state index contributed by atoms with van der Waals surface area (Å²) >= 11 is 7.62. The molecule has 0 heterocycles. The molecule has 0 spiro atoms. The van der Waals surface area contributed by atoms with Crippen LogP contribution in [-0.2, 0) is 5.88 Å². The Bertz CT molecular complexity index is 316. The van der Waals surface area contributed by atoms with Crippen LogP contribution < -0.4 is 0 Å². The molecule has 0 bridgehead atoms. The summed E-state index contributed by atoms with van der Waals surface area (Å²) in [4.78, 5) is 9.91. The van der Waals surface area contributed by atoms with E-state index in [0.29, 0.717) is 5.88 Å². The Morgan fingerprint density at radius 1 is 1.58 bits per heavy atom. The maximum absolute atomic E-state index is 10.3. The smallest absolute Gasteiger partial charge is 0.258 e. The normalized spacial score (nSPS) is 9.83. The van der Waals surface area contributed by atoms with Crippen molar-refractivity contribution in [1.82, 2.24) is 0 Å². The van der Waals surface area contributed by atoms with Crippen molar-refractivity contribution >= 4 is 39.9 Å². The largest absolute Gasteiger partial charge is 0.270 e. The molecular formula is C7H5ClINO2. The van der Waals surface area contributed by atoms with E-state index < -0.39 is 4.92 Å². The second kappa shape index (κ2) is 4.04. The highest BCUT2D eigenvalue weighted by molar-refractivity contribution is 14.1. The second-order valence-corrected chi connectivity index (χ2v) is 3.60. The number of non-ortho nitro benzene ring substituents is 1. The number of hydrogen-bond donors (Lipinski definition) is 0. The first-order valence-electron chi connectivity index (χ1n) is 3.14. The predicted molar refractivity (Wildman–Crippen MR) is 55.4 cm³/mol. The molecule has 0 saturated carbocycles. The van der Waals surface area contributed by atoms with Crippen molar-refractivity contribution in [2.75, 3.05) is 0 Å². The lowest BCUT2D eigenvalue weighted by Gasteiger charge is -1.98. The molecule has 0 aliphatic heterocycles. The molecule has 0 unspecified atom stereocenters. The van der Waals surface area contributed by atoms with Gasteiger partial charge in [0.2, 0.25) is 0 Å². The standard InChI is InChI=1S/C7H5ClINO2/c8-4-5-1-2-6(10(11)12)3-7(5)9/h1-3H,4H2. The van der Waals surface area contributed by atoms with Crippen molar-refractivity contribution in [3.8, 4) is 0 Å². The lowest BCUT2D eigenvalue weighted by molar-refractivity contribution is -0.385. The van der Waals surface area contributed by atoms with Gasteiger partial charge in [-0.05, 0) is 34.2 Å². The molecule has 0 radical (unpaired) electrons. The molecule has 0 aliphatic rings. The number of nitrogens with zero attached hydrogens (tertiary/aromatic N) is 1. The van der Waals surface area contributed by atoms with E-state index in [2.05, 4.69) is 0 Å². The van der Waals surface area contributed by atoms with Crippen LogP contribution in [-0.4, -0.2) is 4.92 Å². The molecular weight excluding hydrogens is 292 g/mol. The van der Waals surface area contributed by atoms with Crippen LogP contribution in [0.3, 0.4) is 0 Å². The minimum Gasteiger partial charge on any atom is -0.258 e. The van der Waals surface area contributed by atoms with Gasteiger partial charge < -0.3 is 0 Å². The van der Waals surface area contributed by atoms with E-state index in [4.69, 9.17) is 11.6 Å². The van der Waals surface area contributed by atoms with E-state index in [1.165, 1.54) is 12.1 Å². The van der Waals surface area contributed by atoms with Gasteiger partial charge in [0.15, 0.2) is 0 Å². The average molecular weight is 297 g/mol. The highest BCUT2D eigenvalue weighted by Gasteiger charge is 2.07. The first kappa shape index (κ1) is 9.73. The van der Waals surface area contributed by atoms with Crippen molar-refractivity contribution in [3.05, 3.63) is 37.4 Å². The number of rotatable bonds is 2. The van der Waals surface area contributed by atoms with Crippen molar-refractivity contribution in [2.24, 2.45) is 0 Å². The predicted octanol–water partition coefficient (Wildman–Crippen LogP) is 2.94. The maximum atomic E-state index is 10.3. The molecule has 0 saturated heterocycles. The Morgan fingerprint density at radius 2 is 2.25 bits per heavy atom. The molecule has 0 aromatic heterocycles. The Kier molecular flexibility index (Phi) is 3.28. The summed E-state index contributed by atoms with van der Waals surface area (Å²) in [5, 5.41) is 10.3. The molecule has 0 N–H and O–H groups in total. The van der Waals surface area contributed by atoms with E-state index in [1.54, 1.807) is 6.07 Å². The summed E-state index contributed by atoms with van der Waals surface area (Å²) in [6, 6.07) is 4.64. The van der Waals surface area contributed by atoms with Crippen molar-refractivity contribution in [3.63, 3.8) is 0 Å². The van der Waals surface area contributed by atoms with Crippen molar-refractivity contribution in [2.45, 2.75) is 5.88 Å². The topological polar surface area (TPSA) is 43.1 Å². The van der Waals surface area contributed by atoms with Gasteiger partial charge in [-0.25, -0.2) is 0 Å². The van der Waals surface area contributed by atoms with Gasteiger partial charge in [0, 0.05) is 21.6 Å². The SMILES string of the molecule is O=[N+]([O-])c1ccc(CCl)c(I)c1. The Balaban J connectivity index is 3.10. The van der Waals surface area contributed by atoms with Gasteiger partial charge in [-0.3, -0.25) is 10.1 Å². The summed E-state index contributed by atoms with van der Waals surface area (Å²) in [6.45, 7) is 0. The number of nitro groups is 1. The zero-order valence-corrected chi connectivity index (χ0v) is 8.87. The summed E-state index contributed by atoms with van der Waals surface area (Å²) in [5.74, 6) is 0.385. The minimum atomic E-state index is -0.416. The van der Waals surface area contributed by atoms with Gasteiger partial charge in [-0.15, -0.1) is 11.6 Å². The van der Waals surface area contributed by atoms with Gasteiger partial charge in [0.05, 0.1) is 4.92 Å². The van der Waals surface area contributed by atoms with E-state index >= 15 is 0 Å². The minimum absolute atomic E-state index is 0.105. The molecule has 0 atom stereocenters. The Labute approximate surface area is 88.0 Å². The third kappa shape index (κ3) is 2.07. The summed E-state index contributed by atoms with van der Waals surface area (Å²) in [5.41, 5.74) is 1.02. The highest BCUT2D eigenvalue weighted by atomic mass is 127. The van der Waals surface area contributed by atoms with Gasteiger partial charge in [0.25, 0.3) is 5.69 Å². The van der Waals surface area contributed by atoms with Crippen LogP contribution in [0.15, 0.2) is 18.2 Å². The molecule has 3 nitrogen and oxygen atoms in total. The van der Waals surface area contributed by atoms with Crippen molar-refractivity contribution in [1.29, 1.82) is 0 Å². The number of hydrogen-bond acceptors (Lipinski definition) is 2. The van der Waals surface area contributed by atoms with Crippen LogP contribution in [0.5, 0.6) is 0 Å². The molecule has 0 aliphatic carbocycles. The van der Waals surface area contributed by atoms with Gasteiger partial charge >= 0.3 is 0 Å². The lowest BCUT2D eigenvalue weighted by atomic mass is 10.2. The lowest BCUT2D eigenvalue weighted by Crippen LogP contribution is -1.90. The van der Waals surface area contributed by atoms with Crippen LogP contribution in [0.2, 0.25) is 0 Å². The monoisotopic (exact) mass is 297 g/mol. The first-order valence-corrected chi connectivity index (χ1v) is 4.75. The van der Waals surface area contributed by atoms with Crippen molar-refractivity contribution < 1.29 is 4.92 Å². The molecule has 1 rings (SSSR count). The van der Waals surface area contributed by atoms with Gasteiger partial charge in [-0.2, -0.15) is 0 Å². The van der Waals surface area contributed by atoms with Gasteiger partial charge in [0.1, 0.15) is 0 Å². The molecule has 0 amide bonds. The Morgan fingerprint density at radius 3 is 2.67 bits per heavy atom. The van der Waals surface area contributed by atoms with Crippen LogP contribution >= 0.6 is 34.2 Å². The van der Waals surface area contributed by atoms with Crippen LogP contribution in [0.4, 0.5) is 5.69 Å². The fourth-order valence-corrected chi connectivity index (χ4v) is 1.91. The summed E-state index contributed by atoms with van der Waals surface area (Å²) in [7, 11) is 0. The van der Waals surface area contributed by atoms with E-state index in [1.807, 2.05) is 22.6 Å². The zero-order chi connectivity index (χ0) is 9.14. The fourth-order valence-electron chi connectivity index (χ4n) is 0.758. The van der Waals surface area contributed by atoms with Crippen LogP contribution in [0, 0.1) is 13.7 Å². The van der Waals surface area contributed by atoms with E-state index in [9.17, 15) is 10.1 Å². The van der Waals surface area contributed by atoms with E-state index in [-0.39, 0.29) is 5.69 Å². The molecule has 12 heavy (non-hydrogen) atoms. The molecule has 0 fully saturated rings. The number of halogens is 2. The van der Waals surface area contributed by atoms with Crippen LogP contribution in [0.25, 0.3) is 0 Å². The first-order chi connectivity index (χ1) is 5.65. The fraction of sp³-hybridized carbons (Fsp3) is 0.143. The number of alkyl halides is 1. The maximum Gasteiger partial charge on any atom is 0.270 e. The Hall–Kier alpha value is -0.360. The molecule has 5 heteroatoms. The summed E-state index contributed by atoms with van der Waals surface area (Å²) in [6.07, 6.45) is 0. The zero-order valence-electron chi connectivity index (χ0n) is 5.96. The van der Waals surface area contributed by atoms with Gasteiger partial charge in [-0.1, -0.05) is 0 Å². The molecule has 1 aromatic carbocycles. The number of benzene rings is 1. The third-order valence-electron chi connectivity index (χ3n) is 1.39. The quantitative estimate of drug-likeness (QED) is 0.364. The second-order valence-electron chi connectivity index (χ2n) is 2.17. The average Bonchev–Trinajstić information content (AvgIpc) is 2.04. The van der Waals surface area contributed by atoms with Crippen LogP contribution in [0.1, 0.15) is 5.56 Å². The molecule has 64 valence electrons. The van der Waals surface area contributed by atoms with E-state index in [0.717, 1.165) is 9.13 Å². The summed E-state index contributed by atoms with van der Waals surface area (Å²) < 4.78 is 0.830. The third-order valence-corrected chi connectivity index (χ3v) is 2.68. The highest BCUT2D eigenvalue weighted by Crippen LogP contribution is 2.20.